The van der Waals surface area contributed by atoms with Gasteiger partial charge in [0, 0.05) is 6.54 Å². The van der Waals surface area contributed by atoms with E-state index in [4.69, 9.17) is 20.4 Å². The Balaban J connectivity index is 3.63. The van der Waals surface area contributed by atoms with Crippen LogP contribution in [0.15, 0.2) is 0 Å². The van der Waals surface area contributed by atoms with Crippen molar-refractivity contribution in [3.63, 3.8) is 0 Å². The zero-order chi connectivity index (χ0) is 8.20. The van der Waals surface area contributed by atoms with Gasteiger partial charge in [0.15, 0.2) is 0 Å². The predicted octanol–water partition coefficient (Wildman–Crippen LogP) is -2.95. The maximum Gasteiger partial charge on any atom is 0.288 e. The number of rotatable bonds is 4. The topological polar surface area (TPSA) is 105 Å². The van der Waals surface area contributed by atoms with Gasteiger partial charge in [-0.25, -0.2) is 0 Å². The molecule has 0 heterocycles. The molecule has 0 saturated heterocycles. The standard InChI is InChI=1S/C4H12N2O4/c1-2-5-6-4(9,10)3(7)8/h3,5-10H,2H2,1H3. The minimum absolute atomic E-state index is 0.426. The number of hydrogen-bond acceptors (Lipinski definition) is 6. The lowest BCUT2D eigenvalue weighted by molar-refractivity contribution is -0.310. The quantitative estimate of drug-likeness (QED) is 0.190. The van der Waals surface area contributed by atoms with Crippen LogP contribution in [0.2, 0.25) is 0 Å². The number of aliphatic hydroxyl groups excluding tert-OH is 1. The summed E-state index contributed by atoms with van der Waals surface area (Å²) in [5.41, 5.74) is 4.17. The van der Waals surface area contributed by atoms with Crippen molar-refractivity contribution in [2.45, 2.75) is 19.1 Å². The Bertz CT molecular complexity index is 95.3. The summed E-state index contributed by atoms with van der Waals surface area (Å²) >= 11 is 0. The number of hydrazine groups is 1. The van der Waals surface area contributed by atoms with Gasteiger partial charge in [0.25, 0.3) is 5.91 Å². The van der Waals surface area contributed by atoms with Gasteiger partial charge in [-0.3, -0.25) is 5.43 Å². The maximum absolute atomic E-state index is 8.60. The molecule has 0 unspecified atom stereocenters. The van der Waals surface area contributed by atoms with E-state index in [9.17, 15) is 0 Å². The molecule has 0 aliphatic heterocycles. The third-order valence-electron chi connectivity index (χ3n) is 0.809. The first kappa shape index (κ1) is 9.76. The van der Waals surface area contributed by atoms with E-state index in [1.807, 2.05) is 5.43 Å². The molecule has 0 spiro atoms. The van der Waals surface area contributed by atoms with Crippen LogP contribution in [0.3, 0.4) is 0 Å². The van der Waals surface area contributed by atoms with Crippen molar-refractivity contribution in [3.05, 3.63) is 0 Å². The highest BCUT2D eigenvalue weighted by atomic mass is 16.6. The van der Waals surface area contributed by atoms with Gasteiger partial charge >= 0.3 is 0 Å². The van der Waals surface area contributed by atoms with E-state index in [1.165, 1.54) is 0 Å². The molecule has 0 rings (SSSR count). The van der Waals surface area contributed by atoms with Crippen LogP contribution >= 0.6 is 0 Å². The first-order valence-electron chi connectivity index (χ1n) is 2.81. The van der Waals surface area contributed by atoms with E-state index in [-0.39, 0.29) is 0 Å². The molecular weight excluding hydrogens is 140 g/mol. The smallest absolute Gasteiger partial charge is 0.288 e. The fraction of sp³-hybridized carbons (Fsp3) is 1.00. The summed E-state index contributed by atoms with van der Waals surface area (Å²) in [7, 11) is 0. The van der Waals surface area contributed by atoms with E-state index < -0.39 is 12.2 Å². The molecule has 10 heavy (non-hydrogen) atoms. The number of hydrogen-bond donors (Lipinski definition) is 6. The molecule has 0 radical (unpaired) electrons. The summed E-state index contributed by atoms with van der Waals surface area (Å²) < 4.78 is 0. The van der Waals surface area contributed by atoms with Gasteiger partial charge in [0.05, 0.1) is 0 Å². The first-order chi connectivity index (χ1) is 4.50. The molecule has 0 fully saturated rings. The lowest BCUT2D eigenvalue weighted by Crippen LogP contribution is -2.59. The van der Waals surface area contributed by atoms with E-state index in [0.717, 1.165) is 0 Å². The highest BCUT2D eigenvalue weighted by Crippen LogP contribution is 1.95. The SMILES string of the molecule is CCNNC(O)(O)C(O)O. The lowest BCUT2D eigenvalue weighted by atomic mass is 10.5. The van der Waals surface area contributed by atoms with Gasteiger partial charge in [-0.2, -0.15) is 5.43 Å². The molecule has 0 aliphatic rings. The normalized spacial score (nSPS) is 12.6. The minimum Gasteiger partial charge on any atom is -0.363 e. The van der Waals surface area contributed by atoms with Crippen LogP contribution in [0.4, 0.5) is 0 Å². The molecule has 0 aromatic carbocycles. The van der Waals surface area contributed by atoms with Crippen molar-refractivity contribution in [2.75, 3.05) is 6.54 Å². The molecule has 6 N–H and O–H groups in total. The predicted molar refractivity (Wildman–Crippen MR) is 32.2 cm³/mol. The first-order valence-corrected chi connectivity index (χ1v) is 2.81. The summed E-state index contributed by atoms with van der Waals surface area (Å²) in [6.07, 6.45) is -2.24. The van der Waals surface area contributed by atoms with Crippen LogP contribution in [0.5, 0.6) is 0 Å². The summed E-state index contributed by atoms with van der Waals surface area (Å²) in [5.74, 6) is -2.70. The third-order valence-corrected chi connectivity index (χ3v) is 0.809. The molecule has 0 amide bonds. The largest absolute Gasteiger partial charge is 0.363 e. The lowest BCUT2D eigenvalue weighted by Gasteiger charge is -2.24. The van der Waals surface area contributed by atoms with Crippen molar-refractivity contribution < 1.29 is 20.4 Å². The summed E-state index contributed by atoms with van der Waals surface area (Å²) in [6, 6.07) is 0. The Morgan fingerprint density at radius 3 is 2.20 bits per heavy atom. The van der Waals surface area contributed by atoms with Gasteiger partial charge in [-0.1, -0.05) is 6.92 Å². The molecule has 0 aromatic heterocycles. The molecule has 62 valence electrons. The second kappa shape index (κ2) is 3.81. The molecule has 0 atom stereocenters. The van der Waals surface area contributed by atoms with Crippen LogP contribution in [-0.4, -0.2) is 39.2 Å². The van der Waals surface area contributed by atoms with Crippen LogP contribution in [-0.2, 0) is 0 Å². The van der Waals surface area contributed by atoms with Crippen LogP contribution < -0.4 is 10.9 Å². The van der Waals surface area contributed by atoms with Gasteiger partial charge in [0.2, 0.25) is 6.29 Å². The van der Waals surface area contributed by atoms with Gasteiger partial charge in [0.1, 0.15) is 0 Å². The molecular formula is C4H12N2O4. The monoisotopic (exact) mass is 152 g/mol. The molecule has 0 aliphatic carbocycles. The van der Waals surface area contributed by atoms with Crippen molar-refractivity contribution in [1.82, 2.24) is 10.9 Å². The van der Waals surface area contributed by atoms with Crippen LogP contribution in [0.25, 0.3) is 0 Å². The van der Waals surface area contributed by atoms with Gasteiger partial charge < -0.3 is 20.4 Å². The van der Waals surface area contributed by atoms with Crippen molar-refractivity contribution in [2.24, 2.45) is 0 Å². The minimum atomic E-state index is -2.70. The van der Waals surface area contributed by atoms with Crippen molar-refractivity contribution in [1.29, 1.82) is 0 Å². The van der Waals surface area contributed by atoms with Crippen molar-refractivity contribution >= 4 is 0 Å². The summed E-state index contributed by atoms with van der Waals surface area (Å²) in [5, 5.41) is 33.7. The van der Waals surface area contributed by atoms with Gasteiger partial charge in [-0.15, -0.1) is 0 Å². The van der Waals surface area contributed by atoms with E-state index in [1.54, 1.807) is 6.92 Å². The fourth-order valence-corrected chi connectivity index (χ4v) is 0.283. The third kappa shape index (κ3) is 3.06. The summed E-state index contributed by atoms with van der Waals surface area (Å²) in [4.78, 5) is 0. The molecule has 6 heteroatoms. The fourth-order valence-electron chi connectivity index (χ4n) is 0.283. The number of aliphatic hydroxyl groups is 4. The zero-order valence-corrected chi connectivity index (χ0v) is 5.57. The Morgan fingerprint density at radius 2 is 1.90 bits per heavy atom. The molecule has 0 aromatic rings. The Morgan fingerprint density at radius 1 is 1.40 bits per heavy atom. The van der Waals surface area contributed by atoms with Crippen LogP contribution in [0, 0.1) is 0 Å². The van der Waals surface area contributed by atoms with Gasteiger partial charge in [-0.05, 0) is 0 Å². The van der Waals surface area contributed by atoms with E-state index >= 15 is 0 Å². The second-order valence-corrected chi connectivity index (χ2v) is 1.76. The number of nitrogens with one attached hydrogen (secondary N) is 2. The maximum atomic E-state index is 8.60. The Kier molecular flexibility index (Phi) is 3.72. The molecule has 0 saturated carbocycles. The average Bonchev–Trinajstić information content (AvgIpc) is 1.84. The average molecular weight is 152 g/mol. The second-order valence-electron chi connectivity index (χ2n) is 1.76. The molecule has 6 nitrogen and oxygen atoms in total. The highest BCUT2D eigenvalue weighted by Gasteiger charge is 2.30. The summed E-state index contributed by atoms with van der Waals surface area (Å²) in [6.45, 7) is 2.13. The zero-order valence-electron chi connectivity index (χ0n) is 5.57. The molecule has 0 bridgehead atoms. The van der Waals surface area contributed by atoms with E-state index in [0.29, 0.717) is 6.54 Å². The van der Waals surface area contributed by atoms with Crippen molar-refractivity contribution in [3.8, 4) is 0 Å². The Labute approximate surface area is 58.1 Å². The van der Waals surface area contributed by atoms with E-state index in [2.05, 4.69) is 5.43 Å². The highest BCUT2D eigenvalue weighted by molar-refractivity contribution is 4.58. The van der Waals surface area contributed by atoms with Crippen LogP contribution in [0.1, 0.15) is 6.92 Å². The Hall–Kier alpha value is -0.240.